The van der Waals surface area contributed by atoms with Crippen LogP contribution >= 0.6 is 0 Å². The predicted octanol–water partition coefficient (Wildman–Crippen LogP) is 3.50. The van der Waals surface area contributed by atoms with E-state index < -0.39 is 0 Å². The van der Waals surface area contributed by atoms with E-state index in [1.165, 1.54) is 4.90 Å². The number of carbonyl (C=O) groups excluding carboxylic acids is 3. The number of pyridine rings is 1. The molecule has 0 fully saturated rings. The lowest BCUT2D eigenvalue weighted by Crippen LogP contribution is -2.41. The van der Waals surface area contributed by atoms with E-state index in [0.717, 1.165) is 16.7 Å². The number of carbonyl (C=O) groups is 3. The monoisotopic (exact) mass is 488 g/mol. The molecule has 36 heavy (non-hydrogen) atoms. The SMILES string of the molecule is Cc1ccc(N(CC(=O)NCc2ccc3c(c2)OCO3)C(=O)CCC(=O)Nc2ccccn2)c(C)c1. The van der Waals surface area contributed by atoms with Crippen LogP contribution in [0.15, 0.2) is 60.8 Å². The molecule has 1 aliphatic heterocycles. The number of hydrogen-bond acceptors (Lipinski definition) is 6. The lowest BCUT2D eigenvalue weighted by Gasteiger charge is -2.24. The third-order valence-electron chi connectivity index (χ3n) is 5.67. The van der Waals surface area contributed by atoms with Crippen molar-refractivity contribution in [3.05, 3.63) is 77.5 Å². The van der Waals surface area contributed by atoms with Crippen LogP contribution in [-0.2, 0) is 20.9 Å². The second-order valence-electron chi connectivity index (χ2n) is 8.50. The molecule has 4 rings (SSSR count). The van der Waals surface area contributed by atoms with E-state index in [1.54, 1.807) is 30.5 Å². The number of rotatable bonds is 9. The van der Waals surface area contributed by atoms with Gasteiger partial charge in [-0.3, -0.25) is 14.4 Å². The predicted molar refractivity (Wildman–Crippen MR) is 135 cm³/mol. The van der Waals surface area contributed by atoms with Gasteiger partial charge in [0.1, 0.15) is 12.4 Å². The molecule has 0 aliphatic carbocycles. The number of anilines is 2. The van der Waals surface area contributed by atoms with E-state index in [0.29, 0.717) is 23.0 Å². The van der Waals surface area contributed by atoms with Crippen molar-refractivity contribution >= 4 is 29.2 Å². The third kappa shape index (κ3) is 6.38. The number of hydrogen-bond donors (Lipinski definition) is 2. The van der Waals surface area contributed by atoms with Gasteiger partial charge in [0.2, 0.25) is 24.5 Å². The summed E-state index contributed by atoms with van der Waals surface area (Å²) in [5.74, 6) is 0.760. The second-order valence-corrected chi connectivity index (χ2v) is 8.50. The van der Waals surface area contributed by atoms with E-state index in [4.69, 9.17) is 9.47 Å². The maximum absolute atomic E-state index is 13.2. The molecule has 1 aromatic heterocycles. The molecule has 0 unspecified atom stereocenters. The van der Waals surface area contributed by atoms with Gasteiger partial charge in [0, 0.05) is 31.3 Å². The topological polar surface area (TPSA) is 110 Å². The lowest BCUT2D eigenvalue weighted by atomic mass is 10.1. The lowest BCUT2D eigenvalue weighted by molar-refractivity contribution is -0.125. The molecule has 2 N–H and O–H groups in total. The van der Waals surface area contributed by atoms with Crippen molar-refractivity contribution in [2.24, 2.45) is 0 Å². The van der Waals surface area contributed by atoms with Crippen molar-refractivity contribution in [2.75, 3.05) is 23.6 Å². The van der Waals surface area contributed by atoms with Gasteiger partial charge in [0.15, 0.2) is 11.5 Å². The Morgan fingerprint density at radius 1 is 0.944 bits per heavy atom. The summed E-state index contributed by atoms with van der Waals surface area (Å²) in [6.07, 6.45) is 1.49. The fraction of sp³-hybridized carbons (Fsp3) is 0.259. The summed E-state index contributed by atoms with van der Waals surface area (Å²) in [6.45, 7) is 4.13. The smallest absolute Gasteiger partial charge is 0.240 e. The minimum absolute atomic E-state index is 0.0321. The quantitative estimate of drug-likeness (QED) is 0.477. The standard InChI is InChI=1S/C27H28N4O5/c1-18-6-8-21(19(2)13-18)31(27(34)11-10-25(32)30-24-5-3-4-12-28-24)16-26(33)29-15-20-7-9-22-23(14-20)36-17-35-22/h3-9,12-14H,10-11,15-17H2,1-2H3,(H,29,33)(H,28,30,32). The summed E-state index contributed by atoms with van der Waals surface area (Å²) in [7, 11) is 0. The van der Waals surface area contributed by atoms with Crippen LogP contribution in [-0.4, -0.2) is 36.0 Å². The number of aromatic nitrogens is 1. The Bertz CT molecular complexity index is 1260. The molecule has 186 valence electrons. The zero-order chi connectivity index (χ0) is 25.5. The number of benzene rings is 2. The van der Waals surface area contributed by atoms with Crippen LogP contribution in [0.25, 0.3) is 0 Å². The fourth-order valence-corrected chi connectivity index (χ4v) is 3.86. The average Bonchev–Trinajstić information content (AvgIpc) is 3.34. The van der Waals surface area contributed by atoms with Gasteiger partial charge in [0.25, 0.3) is 0 Å². The summed E-state index contributed by atoms with van der Waals surface area (Å²) in [4.78, 5) is 43.9. The molecule has 9 nitrogen and oxygen atoms in total. The summed E-state index contributed by atoms with van der Waals surface area (Å²) in [5, 5.41) is 5.53. The molecule has 3 aromatic rings. The minimum atomic E-state index is -0.324. The Hall–Kier alpha value is -4.40. The summed E-state index contributed by atoms with van der Waals surface area (Å²) in [6, 6.07) is 16.3. The number of fused-ring (bicyclic) bond motifs is 1. The molecule has 0 saturated carbocycles. The van der Waals surface area contributed by atoms with Gasteiger partial charge >= 0.3 is 0 Å². The van der Waals surface area contributed by atoms with E-state index in [1.807, 2.05) is 44.2 Å². The molecule has 3 amide bonds. The van der Waals surface area contributed by atoms with E-state index in [-0.39, 0.29) is 50.4 Å². The van der Waals surface area contributed by atoms with Crippen molar-refractivity contribution in [2.45, 2.75) is 33.2 Å². The molecule has 2 heterocycles. The molecule has 2 aromatic carbocycles. The van der Waals surface area contributed by atoms with E-state index in [9.17, 15) is 14.4 Å². The average molecular weight is 489 g/mol. The van der Waals surface area contributed by atoms with Crippen LogP contribution in [0.4, 0.5) is 11.5 Å². The van der Waals surface area contributed by atoms with Crippen molar-refractivity contribution in [3.63, 3.8) is 0 Å². The van der Waals surface area contributed by atoms with Gasteiger partial charge in [-0.25, -0.2) is 4.98 Å². The Morgan fingerprint density at radius 2 is 1.78 bits per heavy atom. The second kappa shape index (κ2) is 11.4. The van der Waals surface area contributed by atoms with Gasteiger partial charge in [-0.1, -0.05) is 29.8 Å². The first-order valence-electron chi connectivity index (χ1n) is 11.6. The Balaban J connectivity index is 1.40. The van der Waals surface area contributed by atoms with Crippen LogP contribution in [0, 0.1) is 13.8 Å². The van der Waals surface area contributed by atoms with Gasteiger partial charge < -0.3 is 25.0 Å². The maximum atomic E-state index is 13.2. The van der Waals surface area contributed by atoms with Crippen LogP contribution in [0.1, 0.15) is 29.5 Å². The van der Waals surface area contributed by atoms with Crippen molar-refractivity contribution in [3.8, 4) is 11.5 Å². The van der Waals surface area contributed by atoms with Crippen molar-refractivity contribution in [1.29, 1.82) is 0 Å². The molecule has 0 bridgehead atoms. The molecule has 0 saturated heterocycles. The van der Waals surface area contributed by atoms with Crippen LogP contribution in [0.3, 0.4) is 0 Å². The fourth-order valence-electron chi connectivity index (χ4n) is 3.86. The molecule has 1 aliphatic rings. The number of amides is 3. The molecule has 0 spiro atoms. The summed E-state index contributed by atoms with van der Waals surface area (Å²) < 4.78 is 10.7. The third-order valence-corrected chi connectivity index (χ3v) is 5.67. The highest BCUT2D eigenvalue weighted by Gasteiger charge is 2.22. The van der Waals surface area contributed by atoms with Gasteiger partial charge in [-0.05, 0) is 55.3 Å². The van der Waals surface area contributed by atoms with Crippen LogP contribution in [0.5, 0.6) is 11.5 Å². The van der Waals surface area contributed by atoms with Crippen molar-refractivity contribution in [1.82, 2.24) is 10.3 Å². The molecular weight excluding hydrogens is 460 g/mol. The first-order valence-corrected chi connectivity index (χ1v) is 11.6. The number of ether oxygens (including phenoxy) is 2. The Kier molecular flexibility index (Phi) is 7.79. The zero-order valence-corrected chi connectivity index (χ0v) is 20.2. The molecule has 0 radical (unpaired) electrons. The minimum Gasteiger partial charge on any atom is -0.454 e. The zero-order valence-electron chi connectivity index (χ0n) is 20.2. The first kappa shape index (κ1) is 24.7. The molecule has 0 atom stereocenters. The summed E-state index contributed by atoms with van der Waals surface area (Å²) >= 11 is 0. The number of aryl methyl sites for hydroxylation is 2. The summed E-state index contributed by atoms with van der Waals surface area (Å²) in [5.41, 5.74) is 3.40. The highest BCUT2D eigenvalue weighted by atomic mass is 16.7. The van der Waals surface area contributed by atoms with Crippen molar-refractivity contribution < 1.29 is 23.9 Å². The molecule has 9 heteroatoms. The molecular formula is C27H28N4O5. The Labute approximate surface area is 209 Å². The number of nitrogens with zero attached hydrogens (tertiary/aromatic N) is 2. The maximum Gasteiger partial charge on any atom is 0.240 e. The van der Waals surface area contributed by atoms with Gasteiger partial charge in [0.05, 0.1) is 0 Å². The highest BCUT2D eigenvalue weighted by Crippen LogP contribution is 2.32. The van der Waals surface area contributed by atoms with Crippen LogP contribution in [0.2, 0.25) is 0 Å². The first-order chi connectivity index (χ1) is 17.4. The number of nitrogens with one attached hydrogen (secondary N) is 2. The van der Waals surface area contributed by atoms with Gasteiger partial charge in [-0.2, -0.15) is 0 Å². The van der Waals surface area contributed by atoms with Gasteiger partial charge in [-0.15, -0.1) is 0 Å². The van der Waals surface area contributed by atoms with E-state index >= 15 is 0 Å². The normalized spacial score (nSPS) is 11.6. The Morgan fingerprint density at radius 3 is 2.56 bits per heavy atom. The highest BCUT2D eigenvalue weighted by molar-refractivity contribution is 6.01. The van der Waals surface area contributed by atoms with Crippen LogP contribution < -0.4 is 25.0 Å². The van der Waals surface area contributed by atoms with E-state index in [2.05, 4.69) is 15.6 Å². The largest absolute Gasteiger partial charge is 0.454 e.